The van der Waals surface area contributed by atoms with Crippen LogP contribution in [0.2, 0.25) is 0 Å². The summed E-state index contributed by atoms with van der Waals surface area (Å²) >= 11 is 0. The van der Waals surface area contributed by atoms with Crippen LogP contribution >= 0.6 is 0 Å². The number of H-pyrrole nitrogens is 1. The molecule has 6 nitrogen and oxygen atoms in total. The predicted molar refractivity (Wildman–Crippen MR) is 80.1 cm³/mol. The van der Waals surface area contributed by atoms with Crippen LogP contribution in [-0.2, 0) is 0 Å². The average molecular weight is 289 g/mol. The summed E-state index contributed by atoms with van der Waals surface area (Å²) in [5, 5.41) is 0.454. The standard InChI is InChI=1S/C15H19N3O3/c1-18-7-5-10(6-8-18)21-14-12(20-2)4-3-11-13(14)15(19)17-9-16-11/h3-4,9-10H,5-8H2,1-2H3,(H,16,17,19). The van der Waals surface area contributed by atoms with Crippen LogP contribution in [0.25, 0.3) is 10.9 Å². The number of rotatable bonds is 3. The van der Waals surface area contributed by atoms with E-state index in [1.807, 2.05) is 0 Å². The maximum atomic E-state index is 12.1. The summed E-state index contributed by atoms with van der Waals surface area (Å²) in [4.78, 5) is 21.2. The fourth-order valence-electron chi connectivity index (χ4n) is 2.66. The van der Waals surface area contributed by atoms with Gasteiger partial charge in [0, 0.05) is 13.1 Å². The van der Waals surface area contributed by atoms with Crippen molar-refractivity contribution >= 4 is 10.9 Å². The number of piperidine rings is 1. The molecule has 6 heteroatoms. The molecule has 21 heavy (non-hydrogen) atoms. The van der Waals surface area contributed by atoms with Crippen LogP contribution in [0.3, 0.4) is 0 Å². The topological polar surface area (TPSA) is 67.4 Å². The van der Waals surface area contributed by atoms with Crippen molar-refractivity contribution in [3.8, 4) is 11.5 Å². The van der Waals surface area contributed by atoms with Crippen LogP contribution in [0, 0.1) is 0 Å². The van der Waals surface area contributed by atoms with Gasteiger partial charge >= 0.3 is 0 Å². The fraction of sp³-hybridized carbons (Fsp3) is 0.467. The Bertz CT molecular complexity index is 690. The zero-order chi connectivity index (χ0) is 14.8. The van der Waals surface area contributed by atoms with Crippen LogP contribution in [0.1, 0.15) is 12.8 Å². The molecule has 0 amide bonds. The van der Waals surface area contributed by atoms with Crippen molar-refractivity contribution in [2.45, 2.75) is 18.9 Å². The van der Waals surface area contributed by atoms with Crippen molar-refractivity contribution in [3.63, 3.8) is 0 Å². The van der Waals surface area contributed by atoms with E-state index < -0.39 is 0 Å². The van der Waals surface area contributed by atoms with E-state index in [1.54, 1.807) is 19.2 Å². The molecular formula is C15H19N3O3. The lowest BCUT2D eigenvalue weighted by Crippen LogP contribution is -2.35. The number of likely N-dealkylation sites (tertiary alicyclic amines) is 1. The number of aromatic amines is 1. The Morgan fingerprint density at radius 1 is 1.33 bits per heavy atom. The lowest BCUT2D eigenvalue weighted by Gasteiger charge is -2.29. The number of hydrogen-bond donors (Lipinski definition) is 1. The minimum Gasteiger partial charge on any atom is -0.493 e. The quantitative estimate of drug-likeness (QED) is 0.925. The molecule has 1 aliphatic rings. The van der Waals surface area contributed by atoms with Gasteiger partial charge in [0.1, 0.15) is 11.5 Å². The van der Waals surface area contributed by atoms with Crippen molar-refractivity contribution in [2.24, 2.45) is 0 Å². The molecule has 2 heterocycles. The molecule has 1 aliphatic heterocycles. The van der Waals surface area contributed by atoms with E-state index in [1.165, 1.54) is 6.33 Å². The molecule has 0 unspecified atom stereocenters. The molecule has 0 atom stereocenters. The Morgan fingerprint density at radius 3 is 2.81 bits per heavy atom. The number of fused-ring (bicyclic) bond motifs is 1. The van der Waals surface area contributed by atoms with E-state index in [0.717, 1.165) is 25.9 Å². The second kappa shape index (κ2) is 5.73. The van der Waals surface area contributed by atoms with Crippen LogP contribution in [0.15, 0.2) is 23.3 Å². The van der Waals surface area contributed by atoms with Crippen molar-refractivity contribution < 1.29 is 9.47 Å². The van der Waals surface area contributed by atoms with Gasteiger partial charge in [0.25, 0.3) is 5.56 Å². The van der Waals surface area contributed by atoms with Gasteiger partial charge in [-0.25, -0.2) is 4.98 Å². The van der Waals surface area contributed by atoms with E-state index in [9.17, 15) is 4.79 Å². The first-order chi connectivity index (χ1) is 10.2. The maximum Gasteiger partial charge on any atom is 0.262 e. The van der Waals surface area contributed by atoms with E-state index in [4.69, 9.17) is 9.47 Å². The zero-order valence-corrected chi connectivity index (χ0v) is 12.3. The van der Waals surface area contributed by atoms with Gasteiger partial charge in [0.15, 0.2) is 11.5 Å². The molecule has 1 fully saturated rings. The van der Waals surface area contributed by atoms with Gasteiger partial charge in [-0.1, -0.05) is 0 Å². The fourth-order valence-corrected chi connectivity index (χ4v) is 2.66. The van der Waals surface area contributed by atoms with Crippen LogP contribution in [-0.4, -0.2) is 48.2 Å². The van der Waals surface area contributed by atoms with E-state index >= 15 is 0 Å². The maximum absolute atomic E-state index is 12.1. The largest absolute Gasteiger partial charge is 0.493 e. The normalized spacial score (nSPS) is 17.0. The highest BCUT2D eigenvalue weighted by Gasteiger charge is 2.22. The highest BCUT2D eigenvalue weighted by atomic mass is 16.5. The second-order valence-corrected chi connectivity index (χ2v) is 5.34. The third-order valence-corrected chi connectivity index (χ3v) is 3.90. The SMILES string of the molecule is COc1ccc2nc[nH]c(=O)c2c1OC1CCN(C)CC1. The Balaban J connectivity index is 2.01. The molecule has 1 N–H and O–H groups in total. The number of nitrogens with zero attached hydrogens (tertiary/aromatic N) is 2. The average Bonchev–Trinajstić information content (AvgIpc) is 2.50. The first kappa shape index (κ1) is 13.9. The smallest absolute Gasteiger partial charge is 0.262 e. The summed E-state index contributed by atoms with van der Waals surface area (Å²) in [6, 6.07) is 3.56. The summed E-state index contributed by atoms with van der Waals surface area (Å²) < 4.78 is 11.5. The van der Waals surface area contributed by atoms with Crippen LogP contribution in [0.4, 0.5) is 0 Å². The molecule has 1 saturated heterocycles. The van der Waals surface area contributed by atoms with Crippen molar-refractivity contribution in [1.82, 2.24) is 14.9 Å². The lowest BCUT2D eigenvalue weighted by atomic mass is 10.1. The van der Waals surface area contributed by atoms with Crippen LogP contribution < -0.4 is 15.0 Å². The number of methoxy groups -OCH3 is 1. The molecule has 2 aromatic rings. The minimum atomic E-state index is -0.207. The summed E-state index contributed by atoms with van der Waals surface area (Å²) in [5.74, 6) is 1.07. The molecule has 0 saturated carbocycles. The second-order valence-electron chi connectivity index (χ2n) is 5.34. The molecule has 0 radical (unpaired) electrons. The van der Waals surface area contributed by atoms with Gasteiger partial charge in [-0.2, -0.15) is 0 Å². The summed E-state index contributed by atoms with van der Waals surface area (Å²) in [6.45, 7) is 1.98. The third-order valence-electron chi connectivity index (χ3n) is 3.90. The Morgan fingerprint density at radius 2 is 2.10 bits per heavy atom. The third kappa shape index (κ3) is 2.71. The zero-order valence-electron chi connectivity index (χ0n) is 12.3. The van der Waals surface area contributed by atoms with E-state index in [-0.39, 0.29) is 11.7 Å². The molecule has 1 aromatic heterocycles. The van der Waals surface area contributed by atoms with Gasteiger partial charge in [0.05, 0.1) is 19.0 Å². The summed E-state index contributed by atoms with van der Waals surface area (Å²) in [5.41, 5.74) is 0.407. The highest BCUT2D eigenvalue weighted by molar-refractivity contribution is 5.86. The van der Waals surface area contributed by atoms with E-state index in [2.05, 4.69) is 21.9 Å². The molecule has 0 aliphatic carbocycles. The minimum absolute atomic E-state index is 0.0975. The number of benzene rings is 1. The van der Waals surface area contributed by atoms with Crippen molar-refractivity contribution in [3.05, 3.63) is 28.8 Å². The molecule has 112 valence electrons. The number of ether oxygens (including phenoxy) is 2. The summed E-state index contributed by atoms with van der Waals surface area (Å²) in [6.07, 6.45) is 3.37. The van der Waals surface area contributed by atoms with Crippen molar-refractivity contribution in [2.75, 3.05) is 27.2 Å². The van der Waals surface area contributed by atoms with Crippen molar-refractivity contribution in [1.29, 1.82) is 0 Å². The molecule has 0 bridgehead atoms. The van der Waals surface area contributed by atoms with Gasteiger partial charge in [-0.3, -0.25) is 4.79 Å². The lowest BCUT2D eigenvalue weighted by molar-refractivity contribution is 0.112. The molecular weight excluding hydrogens is 270 g/mol. The van der Waals surface area contributed by atoms with Gasteiger partial charge in [-0.05, 0) is 32.0 Å². The van der Waals surface area contributed by atoms with Gasteiger partial charge in [-0.15, -0.1) is 0 Å². The first-order valence-electron chi connectivity index (χ1n) is 7.08. The van der Waals surface area contributed by atoms with Gasteiger partial charge in [0.2, 0.25) is 0 Å². The Hall–Kier alpha value is -2.08. The van der Waals surface area contributed by atoms with Gasteiger partial charge < -0.3 is 19.4 Å². The summed E-state index contributed by atoms with van der Waals surface area (Å²) in [7, 11) is 3.68. The van der Waals surface area contributed by atoms with E-state index in [0.29, 0.717) is 22.4 Å². The molecule has 3 rings (SSSR count). The molecule has 1 aromatic carbocycles. The monoisotopic (exact) mass is 289 g/mol. The highest BCUT2D eigenvalue weighted by Crippen LogP contribution is 2.34. The number of hydrogen-bond acceptors (Lipinski definition) is 5. The first-order valence-corrected chi connectivity index (χ1v) is 7.08. The Kier molecular flexibility index (Phi) is 3.79. The Labute approximate surface area is 122 Å². The predicted octanol–water partition coefficient (Wildman–Crippen LogP) is 1.40. The van der Waals surface area contributed by atoms with Crippen LogP contribution in [0.5, 0.6) is 11.5 Å². The molecule has 0 spiro atoms. The number of aromatic nitrogens is 2. The number of nitrogens with one attached hydrogen (secondary N) is 1.